The summed E-state index contributed by atoms with van der Waals surface area (Å²) in [5, 5.41) is 4.43. The summed E-state index contributed by atoms with van der Waals surface area (Å²) in [5.41, 5.74) is 7.66. The average Bonchev–Trinajstić information content (AvgIpc) is 2.53. The molecule has 0 fully saturated rings. The molecule has 8 heteroatoms. The Morgan fingerprint density at radius 2 is 1.84 bits per heavy atom. The topological polar surface area (TPSA) is 104 Å². The van der Waals surface area contributed by atoms with Crippen LogP contribution in [0.15, 0.2) is 29.1 Å². The second-order valence-electron chi connectivity index (χ2n) is 6.37. The molecule has 0 radical (unpaired) electrons. The lowest BCUT2D eigenvalue weighted by molar-refractivity contribution is 0.440. The van der Waals surface area contributed by atoms with Gasteiger partial charge in [-0.1, -0.05) is 38.1 Å². The summed E-state index contributed by atoms with van der Waals surface area (Å²) in [4.78, 5) is 12.6. The lowest BCUT2D eigenvalue weighted by atomic mass is 10.0. The van der Waals surface area contributed by atoms with Crippen LogP contribution in [0.25, 0.3) is 11.3 Å². The summed E-state index contributed by atoms with van der Waals surface area (Å²) >= 11 is 0. The van der Waals surface area contributed by atoms with Gasteiger partial charge < -0.3 is 9.92 Å². The Morgan fingerprint density at radius 1 is 1.24 bits per heavy atom. The van der Waals surface area contributed by atoms with E-state index in [2.05, 4.69) is 5.10 Å². The predicted molar refractivity (Wildman–Crippen MR) is 96.9 cm³/mol. The first-order valence-electron chi connectivity index (χ1n) is 7.93. The lowest BCUT2D eigenvalue weighted by Crippen LogP contribution is -2.29. The van der Waals surface area contributed by atoms with Gasteiger partial charge in [0.15, 0.2) is 0 Å². The first-order valence-corrected chi connectivity index (χ1v) is 9.74. The molecular weight excluding hydrogens is 342 g/mol. The third kappa shape index (κ3) is 4.67. The minimum absolute atomic E-state index is 0.159. The molecule has 0 atom stereocenters. The molecule has 1 aromatic carbocycles. The minimum atomic E-state index is -3.83. The predicted octanol–water partition coefficient (Wildman–Crippen LogP) is 1.67. The van der Waals surface area contributed by atoms with Crippen molar-refractivity contribution in [2.24, 2.45) is 11.7 Å². The fraction of sp³-hybridized carbons (Fsp3) is 0.412. The molecule has 0 aliphatic heterocycles. The standard InChI is InChI=1S/C17H23N3O4S/c1-11(2)10-20-17(21)16(24-25(4,22)23)12(3)15(19-20)14-7-5-13(9-18)6-8-14/h5-8,11H,9-10,18H2,1-4H3. The van der Waals surface area contributed by atoms with E-state index in [-0.39, 0.29) is 11.7 Å². The highest BCUT2D eigenvalue weighted by atomic mass is 32.2. The van der Waals surface area contributed by atoms with Gasteiger partial charge in [0.25, 0.3) is 0 Å². The first-order chi connectivity index (χ1) is 11.6. The van der Waals surface area contributed by atoms with Gasteiger partial charge in [-0.25, -0.2) is 4.68 Å². The van der Waals surface area contributed by atoms with E-state index in [0.29, 0.717) is 24.3 Å². The van der Waals surface area contributed by atoms with Crippen molar-refractivity contribution in [3.63, 3.8) is 0 Å². The summed E-state index contributed by atoms with van der Waals surface area (Å²) in [5.74, 6) is -0.0532. The van der Waals surface area contributed by atoms with Gasteiger partial charge in [-0.15, -0.1) is 0 Å². The molecule has 0 saturated carbocycles. The molecule has 2 aromatic rings. The number of rotatable bonds is 6. The van der Waals surface area contributed by atoms with Gasteiger partial charge in [-0.05, 0) is 18.4 Å². The molecule has 7 nitrogen and oxygen atoms in total. The number of hydrogen-bond donors (Lipinski definition) is 1. The van der Waals surface area contributed by atoms with Crippen LogP contribution in [-0.2, 0) is 23.2 Å². The molecular formula is C17H23N3O4S. The van der Waals surface area contributed by atoms with Gasteiger partial charge in [-0.3, -0.25) is 4.79 Å². The number of hydrogen-bond acceptors (Lipinski definition) is 6. The molecule has 0 bridgehead atoms. The molecule has 25 heavy (non-hydrogen) atoms. The Labute approximate surface area is 147 Å². The Bertz CT molecular complexity index is 916. The van der Waals surface area contributed by atoms with Gasteiger partial charge in [0, 0.05) is 24.2 Å². The fourth-order valence-corrected chi connectivity index (χ4v) is 2.92. The summed E-state index contributed by atoms with van der Waals surface area (Å²) < 4.78 is 29.4. The zero-order chi connectivity index (χ0) is 18.8. The highest BCUT2D eigenvalue weighted by Crippen LogP contribution is 2.26. The van der Waals surface area contributed by atoms with Crippen LogP contribution in [0.4, 0.5) is 0 Å². The second kappa shape index (κ2) is 7.37. The van der Waals surface area contributed by atoms with Crippen LogP contribution in [0.2, 0.25) is 0 Å². The second-order valence-corrected chi connectivity index (χ2v) is 7.95. The molecule has 0 aliphatic rings. The van der Waals surface area contributed by atoms with Gasteiger partial charge in [0.2, 0.25) is 5.75 Å². The highest BCUT2D eigenvalue weighted by Gasteiger charge is 2.20. The molecule has 2 rings (SSSR count). The SMILES string of the molecule is Cc1c(-c2ccc(CN)cc2)nn(CC(C)C)c(=O)c1OS(C)(=O)=O. The van der Waals surface area contributed by atoms with E-state index >= 15 is 0 Å². The van der Waals surface area contributed by atoms with Crippen LogP contribution >= 0.6 is 0 Å². The molecule has 2 N–H and O–H groups in total. The highest BCUT2D eigenvalue weighted by molar-refractivity contribution is 7.86. The summed E-state index contributed by atoms with van der Waals surface area (Å²) in [6, 6.07) is 7.41. The Balaban J connectivity index is 2.69. The number of aromatic nitrogens is 2. The summed E-state index contributed by atoms with van der Waals surface area (Å²) in [7, 11) is -3.83. The first kappa shape index (κ1) is 19.1. The minimum Gasteiger partial charge on any atom is -0.376 e. The van der Waals surface area contributed by atoms with Crippen molar-refractivity contribution in [3.8, 4) is 17.0 Å². The van der Waals surface area contributed by atoms with Crippen LogP contribution in [0.5, 0.6) is 5.75 Å². The molecule has 0 saturated heterocycles. The number of nitrogens with two attached hydrogens (primary N) is 1. The van der Waals surface area contributed by atoms with Crippen LogP contribution in [0.3, 0.4) is 0 Å². The Hall–Kier alpha value is -2.19. The number of benzene rings is 1. The molecule has 0 unspecified atom stereocenters. The normalized spacial score (nSPS) is 11.8. The van der Waals surface area contributed by atoms with E-state index in [4.69, 9.17) is 9.92 Å². The quantitative estimate of drug-likeness (QED) is 0.781. The van der Waals surface area contributed by atoms with Crippen molar-refractivity contribution in [3.05, 3.63) is 45.7 Å². The van der Waals surface area contributed by atoms with Gasteiger partial charge in [0.05, 0.1) is 11.9 Å². The molecule has 136 valence electrons. The van der Waals surface area contributed by atoms with Crippen molar-refractivity contribution >= 4 is 10.1 Å². The molecule has 0 aliphatic carbocycles. The van der Waals surface area contributed by atoms with Gasteiger partial charge in [-0.2, -0.15) is 13.5 Å². The maximum absolute atomic E-state index is 12.6. The largest absolute Gasteiger partial charge is 0.376 e. The van der Waals surface area contributed by atoms with E-state index in [1.165, 1.54) is 4.68 Å². The molecule has 1 heterocycles. The zero-order valence-corrected chi connectivity index (χ0v) is 15.6. The van der Waals surface area contributed by atoms with E-state index in [1.807, 2.05) is 38.1 Å². The van der Waals surface area contributed by atoms with Crippen LogP contribution in [-0.4, -0.2) is 24.5 Å². The van der Waals surface area contributed by atoms with Crippen molar-refractivity contribution in [1.29, 1.82) is 0 Å². The molecule has 1 aromatic heterocycles. The number of nitrogens with zero attached hydrogens (tertiary/aromatic N) is 2. The van der Waals surface area contributed by atoms with Crippen molar-refractivity contribution in [2.45, 2.75) is 33.9 Å². The van der Waals surface area contributed by atoms with E-state index in [1.54, 1.807) is 6.92 Å². The monoisotopic (exact) mass is 365 g/mol. The fourth-order valence-electron chi connectivity index (χ4n) is 2.42. The maximum atomic E-state index is 12.6. The smallest absolute Gasteiger partial charge is 0.311 e. The Morgan fingerprint density at radius 3 is 2.32 bits per heavy atom. The molecule has 0 spiro atoms. The maximum Gasteiger partial charge on any atom is 0.311 e. The lowest BCUT2D eigenvalue weighted by Gasteiger charge is -2.15. The van der Waals surface area contributed by atoms with Crippen molar-refractivity contribution in [1.82, 2.24) is 9.78 Å². The zero-order valence-electron chi connectivity index (χ0n) is 14.8. The van der Waals surface area contributed by atoms with E-state index in [9.17, 15) is 13.2 Å². The third-order valence-electron chi connectivity index (χ3n) is 3.58. The third-order valence-corrected chi connectivity index (χ3v) is 4.05. The van der Waals surface area contributed by atoms with Crippen LogP contribution < -0.4 is 15.5 Å². The van der Waals surface area contributed by atoms with Gasteiger partial charge in [0.1, 0.15) is 0 Å². The van der Waals surface area contributed by atoms with Crippen LogP contribution in [0.1, 0.15) is 25.0 Å². The average molecular weight is 365 g/mol. The van der Waals surface area contributed by atoms with Crippen LogP contribution in [0, 0.1) is 12.8 Å². The summed E-state index contributed by atoms with van der Waals surface area (Å²) in [6.45, 7) is 6.29. The van der Waals surface area contributed by atoms with E-state index in [0.717, 1.165) is 17.4 Å². The van der Waals surface area contributed by atoms with Gasteiger partial charge >= 0.3 is 15.7 Å². The Kier molecular flexibility index (Phi) is 5.64. The molecule has 0 amide bonds. The van der Waals surface area contributed by atoms with Crippen molar-refractivity contribution < 1.29 is 12.6 Å². The van der Waals surface area contributed by atoms with E-state index < -0.39 is 15.7 Å². The summed E-state index contributed by atoms with van der Waals surface area (Å²) in [6.07, 6.45) is 0.912. The van der Waals surface area contributed by atoms with Crippen molar-refractivity contribution in [2.75, 3.05) is 6.26 Å².